The Kier molecular flexibility index (Phi) is 4.09. The van der Waals surface area contributed by atoms with Crippen LogP contribution in [0.2, 0.25) is 0 Å². The molecule has 2 aliphatic heterocycles. The van der Waals surface area contributed by atoms with Gasteiger partial charge in [0, 0.05) is 36.2 Å². The van der Waals surface area contributed by atoms with Crippen LogP contribution in [0.3, 0.4) is 0 Å². The normalized spacial score (nSPS) is 15.3. The highest BCUT2D eigenvalue weighted by Gasteiger charge is 2.15. The van der Waals surface area contributed by atoms with E-state index in [-0.39, 0.29) is 12.8 Å². The number of anilines is 3. The summed E-state index contributed by atoms with van der Waals surface area (Å²) in [5.74, 6) is 1.34. The number of nitrogens with one attached hydrogen (secondary N) is 2. The van der Waals surface area contributed by atoms with Crippen molar-refractivity contribution in [3.8, 4) is 11.5 Å². The number of aryl methyl sites for hydroxylation is 1. The minimum absolute atomic E-state index is 0.216. The van der Waals surface area contributed by atoms with Crippen LogP contribution in [0.15, 0.2) is 36.4 Å². The Hall–Kier alpha value is -2.89. The first-order valence-corrected chi connectivity index (χ1v) is 8.52. The highest BCUT2D eigenvalue weighted by Crippen LogP contribution is 2.34. The van der Waals surface area contributed by atoms with Gasteiger partial charge in [-0.15, -0.1) is 0 Å². The molecule has 2 heterocycles. The minimum Gasteiger partial charge on any atom is -0.454 e. The number of carbonyl (C=O) groups is 1. The third kappa shape index (κ3) is 3.33. The molecule has 0 unspecified atom stereocenters. The van der Waals surface area contributed by atoms with Gasteiger partial charge in [0.1, 0.15) is 0 Å². The van der Waals surface area contributed by atoms with E-state index in [2.05, 4.69) is 27.7 Å². The molecule has 6 nitrogen and oxygen atoms in total. The monoisotopic (exact) mass is 339 g/mol. The van der Waals surface area contributed by atoms with Gasteiger partial charge in [0.05, 0.1) is 0 Å². The van der Waals surface area contributed by atoms with Crippen molar-refractivity contribution in [2.45, 2.75) is 19.8 Å². The summed E-state index contributed by atoms with van der Waals surface area (Å²) in [6, 6.07) is 11.2. The van der Waals surface area contributed by atoms with E-state index in [1.807, 2.05) is 13.0 Å². The van der Waals surface area contributed by atoms with Crippen LogP contribution >= 0.6 is 0 Å². The number of amides is 2. The lowest BCUT2D eigenvalue weighted by atomic mass is 10.1. The molecular weight excluding hydrogens is 318 g/mol. The molecule has 2 aromatic carbocycles. The smallest absolute Gasteiger partial charge is 0.323 e. The SMILES string of the molecule is Cc1cc(N2CCCC2)ccc1NC(=O)Nc1ccc2c(c1)OCO2. The van der Waals surface area contributed by atoms with Crippen LogP contribution in [-0.2, 0) is 0 Å². The number of nitrogens with zero attached hydrogens (tertiary/aromatic N) is 1. The Morgan fingerprint density at radius 1 is 1.00 bits per heavy atom. The molecule has 0 aliphatic carbocycles. The number of carbonyl (C=O) groups excluding carboxylic acids is 1. The molecule has 0 aromatic heterocycles. The van der Waals surface area contributed by atoms with E-state index in [1.165, 1.54) is 18.5 Å². The first kappa shape index (κ1) is 15.6. The number of hydrogen-bond donors (Lipinski definition) is 2. The molecule has 130 valence electrons. The van der Waals surface area contributed by atoms with E-state index in [0.717, 1.165) is 24.3 Å². The Morgan fingerprint density at radius 3 is 2.60 bits per heavy atom. The number of hydrogen-bond acceptors (Lipinski definition) is 4. The van der Waals surface area contributed by atoms with E-state index < -0.39 is 0 Å². The molecule has 1 fully saturated rings. The summed E-state index contributed by atoms with van der Waals surface area (Å²) in [5, 5.41) is 5.72. The molecule has 2 aliphatic rings. The van der Waals surface area contributed by atoms with Gasteiger partial charge in [-0.25, -0.2) is 4.79 Å². The van der Waals surface area contributed by atoms with Gasteiger partial charge in [-0.2, -0.15) is 0 Å². The van der Waals surface area contributed by atoms with Crippen molar-refractivity contribution in [3.63, 3.8) is 0 Å². The number of benzene rings is 2. The van der Waals surface area contributed by atoms with Crippen LogP contribution in [0, 0.1) is 6.92 Å². The predicted molar refractivity (Wildman–Crippen MR) is 97.8 cm³/mol. The standard InChI is InChI=1S/C19H21N3O3/c1-13-10-15(22-8-2-3-9-22)5-6-16(13)21-19(23)20-14-4-7-17-18(11-14)25-12-24-17/h4-7,10-11H,2-3,8-9,12H2,1H3,(H2,20,21,23). The summed E-state index contributed by atoms with van der Waals surface area (Å²) in [6.45, 7) is 4.44. The molecule has 2 aromatic rings. The van der Waals surface area contributed by atoms with Crippen LogP contribution in [0.5, 0.6) is 11.5 Å². The highest BCUT2D eigenvalue weighted by molar-refractivity contribution is 6.00. The number of ether oxygens (including phenoxy) is 2. The minimum atomic E-state index is -0.282. The topological polar surface area (TPSA) is 62.8 Å². The molecule has 0 saturated carbocycles. The van der Waals surface area contributed by atoms with Crippen LogP contribution in [0.1, 0.15) is 18.4 Å². The fourth-order valence-electron chi connectivity index (χ4n) is 3.22. The van der Waals surface area contributed by atoms with Gasteiger partial charge >= 0.3 is 6.03 Å². The first-order chi connectivity index (χ1) is 12.2. The maximum absolute atomic E-state index is 12.3. The molecule has 0 bridgehead atoms. The highest BCUT2D eigenvalue weighted by atomic mass is 16.7. The lowest BCUT2D eigenvalue weighted by Crippen LogP contribution is -2.21. The lowest BCUT2D eigenvalue weighted by molar-refractivity contribution is 0.174. The van der Waals surface area contributed by atoms with Gasteiger partial charge in [-0.3, -0.25) is 0 Å². The van der Waals surface area contributed by atoms with E-state index >= 15 is 0 Å². The predicted octanol–water partition coefficient (Wildman–Crippen LogP) is 3.97. The van der Waals surface area contributed by atoms with Crippen LogP contribution < -0.4 is 25.0 Å². The summed E-state index contributed by atoms with van der Waals surface area (Å²) in [4.78, 5) is 14.6. The Morgan fingerprint density at radius 2 is 1.80 bits per heavy atom. The summed E-state index contributed by atoms with van der Waals surface area (Å²) < 4.78 is 10.6. The Balaban J connectivity index is 1.42. The van der Waals surface area contributed by atoms with Gasteiger partial charge < -0.3 is 25.0 Å². The lowest BCUT2D eigenvalue weighted by Gasteiger charge is -2.19. The van der Waals surface area contributed by atoms with Crippen molar-refractivity contribution in [2.24, 2.45) is 0 Å². The summed E-state index contributed by atoms with van der Waals surface area (Å²) in [6.07, 6.45) is 2.49. The Labute approximate surface area is 146 Å². The third-order valence-electron chi connectivity index (χ3n) is 4.56. The fraction of sp³-hybridized carbons (Fsp3) is 0.316. The van der Waals surface area contributed by atoms with Gasteiger partial charge in [0.15, 0.2) is 11.5 Å². The van der Waals surface area contributed by atoms with Crippen molar-refractivity contribution in [1.29, 1.82) is 0 Å². The Bertz CT molecular complexity index is 800. The van der Waals surface area contributed by atoms with Gasteiger partial charge in [0.2, 0.25) is 6.79 Å². The van der Waals surface area contributed by atoms with Crippen LogP contribution in [0.4, 0.5) is 21.9 Å². The van der Waals surface area contributed by atoms with Gasteiger partial charge in [-0.05, 0) is 55.7 Å². The van der Waals surface area contributed by atoms with Gasteiger partial charge in [-0.1, -0.05) is 0 Å². The van der Waals surface area contributed by atoms with Crippen LogP contribution in [-0.4, -0.2) is 25.9 Å². The zero-order chi connectivity index (χ0) is 17.2. The van der Waals surface area contributed by atoms with Crippen LogP contribution in [0.25, 0.3) is 0 Å². The maximum Gasteiger partial charge on any atom is 0.323 e. The molecule has 6 heteroatoms. The van der Waals surface area contributed by atoms with Crippen molar-refractivity contribution in [3.05, 3.63) is 42.0 Å². The number of urea groups is 1. The van der Waals surface area contributed by atoms with Crippen molar-refractivity contribution in [1.82, 2.24) is 0 Å². The number of rotatable bonds is 3. The van der Waals surface area contributed by atoms with E-state index in [0.29, 0.717) is 17.2 Å². The fourth-order valence-corrected chi connectivity index (χ4v) is 3.22. The average Bonchev–Trinajstić information content (AvgIpc) is 3.27. The zero-order valence-corrected chi connectivity index (χ0v) is 14.2. The molecule has 0 radical (unpaired) electrons. The van der Waals surface area contributed by atoms with Crippen molar-refractivity contribution in [2.75, 3.05) is 35.4 Å². The summed E-state index contributed by atoms with van der Waals surface area (Å²) >= 11 is 0. The first-order valence-electron chi connectivity index (χ1n) is 8.52. The second-order valence-corrected chi connectivity index (χ2v) is 6.34. The van der Waals surface area contributed by atoms with E-state index in [1.54, 1.807) is 18.2 Å². The third-order valence-corrected chi connectivity index (χ3v) is 4.56. The molecular formula is C19H21N3O3. The maximum atomic E-state index is 12.3. The quantitative estimate of drug-likeness (QED) is 0.888. The van der Waals surface area contributed by atoms with Crippen molar-refractivity contribution >= 4 is 23.1 Å². The molecule has 2 amide bonds. The molecule has 0 spiro atoms. The van der Waals surface area contributed by atoms with E-state index in [4.69, 9.17) is 9.47 Å². The average molecular weight is 339 g/mol. The van der Waals surface area contributed by atoms with Gasteiger partial charge in [0.25, 0.3) is 0 Å². The molecule has 4 rings (SSSR count). The van der Waals surface area contributed by atoms with Crippen molar-refractivity contribution < 1.29 is 14.3 Å². The summed E-state index contributed by atoms with van der Waals surface area (Å²) in [5.41, 5.74) is 3.73. The second kappa shape index (κ2) is 6.55. The molecule has 2 N–H and O–H groups in total. The largest absolute Gasteiger partial charge is 0.454 e. The summed E-state index contributed by atoms with van der Waals surface area (Å²) in [7, 11) is 0. The molecule has 1 saturated heterocycles. The molecule has 0 atom stereocenters. The zero-order valence-electron chi connectivity index (χ0n) is 14.2. The number of fused-ring (bicyclic) bond motifs is 1. The second-order valence-electron chi connectivity index (χ2n) is 6.34. The van der Waals surface area contributed by atoms with E-state index in [9.17, 15) is 4.79 Å². The molecule has 25 heavy (non-hydrogen) atoms.